The number of nitrogens with two attached hydrogens (primary N) is 1. The Kier molecular flexibility index (Phi) is 6.46. The number of carbonyl (C=O) groups excluding carboxylic acids is 2. The Morgan fingerprint density at radius 3 is 2.36 bits per heavy atom. The van der Waals surface area contributed by atoms with Crippen LogP contribution in [0.15, 0.2) is 73.1 Å². The number of pyridine rings is 1. The van der Waals surface area contributed by atoms with Crippen LogP contribution in [0.25, 0.3) is 21.5 Å². The number of hydrogen-bond donors (Lipinski definition) is 2. The molecule has 4 rings (SSSR count). The number of halogens is 3. The van der Waals surface area contributed by atoms with E-state index < -0.39 is 23.9 Å². The second-order valence-electron chi connectivity index (χ2n) is 7.90. The fourth-order valence-corrected chi connectivity index (χ4v) is 3.51. The Labute approximate surface area is 203 Å². The molecule has 36 heavy (non-hydrogen) atoms. The maximum Gasteiger partial charge on any atom is 0.491 e. The third-order valence-electron chi connectivity index (χ3n) is 5.34. The normalized spacial score (nSPS) is 12.1. The lowest BCUT2D eigenvalue weighted by atomic mass is 10.1. The van der Waals surface area contributed by atoms with Crippen LogP contribution in [-0.4, -0.2) is 33.8 Å². The van der Waals surface area contributed by atoms with E-state index in [-0.39, 0.29) is 22.1 Å². The van der Waals surface area contributed by atoms with E-state index in [1.165, 1.54) is 41.2 Å². The highest BCUT2D eigenvalue weighted by molar-refractivity contribution is 6.07. The number of anilines is 2. The summed E-state index contributed by atoms with van der Waals surface area (Å²) in [6.07, 6.45) is -2.06. The number of hydrogen-bond acceptors (Lipinski definition) is 4. The molecule has 4 aromatic rings. The lowest BCUT2D eigenvalue weighted by Crippen LogP contribution is -2.43. The monoisotopic (exact) mass is 492 g/mol. The van der Waals surface area contributed by atoms with Gasteiger partial charge in [-0.3, -0.25) is 9.59 Å². The number of rotatable bonds is 5. The van der Waals surface area contributed by atoms with Crippen LogP contribution < -0.4 is 16.0 Å². The highest BCUT2D eigenvalue weighted by Gasteiger charge is 2.42. The molecule has 0 fully saturated rings. The van der Waals surface area contributed by atoms with E-state index in [4.69, 9.17) is 12.3 Å². The van der Waals surface area contributed by atoms with Crippen LogP contribution in [0.1, 0.15) is 17.3 Å². The number of amides is 2. The van der Waals surface area contributed by atoms with E-state index in [1.54, 1.807) is 31.2 Å². The molecule has 1 atom stereocenters. The van der Waals surface area contributed by atoms with Crippen LogP contribution in [0.5, 0.6) is 0 Å². The summed E-state index contributed by atoms with van der Waals surface area (Å²) in [5.74, 6) is -1.62. The lowest BCUT2D eigenvalue weighted by molar-refractivity contribution is -0.122. The third kappa shape index (κ3) is 4.89. The Balaban J connectivity index is 1.69. The van der Waals surface area contributed by atoms with Crippen molar-refractivity contribution in [2.75, 3.05) is 10.2 Å². The van der Waals surface area contributed by atoms with Crippen LogP contribution >= 0.6 is 0 Å². The van der Waals surface area contributed by atoms with Gasteiger partial charge in [0, 0.05) is 23.0 Å². The smallest absolute Gasteiger partial charge is 0.325 e. The average Bonchev–Trinajstić information content (AvgIpc) is 3.27. The average molecular weight is 492 g/mol. The number of nitrogens with zero attached hydrogens (tertiary/aromatic N) is 4. The first-order valence-corrected chi connectivity index (χ1v) is 10.6. The van der Waals surface area contributed by atoms with Crippen molar-refractivity contribution >= 4 is 34.4 Å². The third-order valence-corrected chi connectivity index (χ3v) is 5.34. The van der Waals surface area contributed by atoms with Crippen LogP contribution in [-0.2, 0) is 4.79 Å². The molecule has 0 unspecified atom stereocenters. The minimum absolute atomic E-state index is 0.154. The molecule has 8 nitrogen and oxygen atoms in total. The van der Waals surface area contributed by atoms with E-state index in [0.29, 0.717) is 22.3 Å². The molecule has 0 aliphatic heterocycles. The van der Waals surface area contributed by atoms with Gasteiger partial charge in [0.15, 0.2) is 5.69 Å². The van der Waals surface area contributed by atoms with E-state index in [2.05, 4.69) is 15.3 Å². The number of carbonyl (C=O) groups is 2. The standard InChI is InChI=1S/C25H19F3N6O2/c1-15(29)23(35)32-19-5-3-16(4-6-19)21-14-31-33-12-11-17(13-22(21)33)24(36)34(25(26,27)28)20-9-7-18(30-2)8-10-20/h3-15H,29H2,1H3,(H,32,35)/t15-/m1/s1. The molecular formula is C25H19F3N6O2. The van der Waals surface area contributed by atoms with Gasteiger partial charge in [0.05, 0.1) is 30.0 Å². The van der Waals surface area contributed by atoms with Gasteiger partial charge in [-0.25, -0.2) is 14.3 Å². The zero-order valence-electron chi connectivity index (χ0n) is 18.8. The molecule has 0 radical (unpaired) electrons. The van der Waals surface area contributed by atoms with Gasteiger partial charge >= 0.3 is 6.30 Å². The Bertz CT molecular complexity index is 1470. The van der Waals surface area contributed by atoms with Crippen LogP contribution in [0.2, 0.25) is 0 Å². The van der Waals surface area contributed by atoms with Crippen molar-refractivity contribution in [2.24, 2.45) is 5.73 Å². The van der Waals surface area contributed by atoms with Crippen LogP contribution in [0, 0.1) is 6.57 Å². The quantitative estimate of drug-likeness (QED) is 0.303. The Hall–Kier alpha value is -4.69. The summed E-state index contributed by atoms with van der Waals surface area (Å²) in [4.78, 5) is 27.7. The van der Waals surface area contributed by atoms with Gasteiger partial charge in [0.25, 0.3) is 5.91 Å². The van der Waals surface area contributed by atoms with Gasteiger partial charge in [-0.1, -0.05) is 24.3 Å². The molecule has 0 spiro atoms. The van der Waals surface area contributed by atoms with Gasteiger partial charge in [-0.05, 0) is 48.9 Å². The van der Waals surface area contributed by atoms with Gasteiger partial charge in [0.2, 0.25) is 5.91 Å². The molecule has 2 aromatic heterocycles. The van der Waals surface area contributed by atoms with Crippen molar-refractivity contribution in [3.63, 3.8) is 0 Å². The molecule has 182 valence electrons. The SMILES string of the molecule is [C-]#[N+]c1ccc(N(C(=O)c2ccn3ncc(-c4ccc(NC(=O)[C@@H](C)N)cc4)c3c2)C(F)(F)F)cc1. The molecule has 2 aromatic carbocycles. The van der Waals surface area contributed by atoms with Gasteiger partial charge in [-0.2, -0.15) is 5.10 Å². The predicted octanol–water partition coefficient (Wildman–Crippen LogP) is 5.00. The molecule has 3 N–H and O–H groups in total. The molecule has 0 aliphatic carbocycles. The fourth-order valence-electron chi connectivity index (χ4n) is 3.51. The number of fused-ring (bicyclic) bond motifs is 1. The van der Waals surface area contributed by atoms with Gasteiger partial charge in [-0.15, -0.1) is 13.2 Å². The molecule has 0 aliphatic rings. The first kappa shape index (κ1) is 24.4. The van der Waals surface area contributed by atoms with E-state index in [9.17, 15) is 22.8 Å². The Morgan fingerprint density at radius 2 is 1.78 bits per heavy atom. The van der Waals surface area contributed by atoms with Gasteiger partial charge in [0.1, 0.15) is 0 Å². The molecular weight excluding hydrogens is 473 g/mol. The second kappa shape index (κ2) is 9.52. The highest BCUT2D eigenvalue weighted by atomic mass is 19.4. The predicted molar refractivity (Wildman–Crippen MR) is 128 cm³/mol. The topological polar surface area (TPSA) is 97.1 Å². The number of benzene rings is 2. The molecule has 2 amide bonds. The molecule has 0 bridgehead atoms. The summed E-state index contributed by atoms with van der Waals surface area (Å²) < 4.78 is 43.1. The summed E-state index contributed by atoms with van der Waals surface area (Å²) in [5, 5.41) is 6.88. The lowest BCUT2D eigenvalue weighted by Gasteiger charge is -2.25. The maximum atomic E-state index is 13.9. The molecule has 0 saturated heterocycles. The zero-order chi connectivity index (χ0) is 26.0. The number of aromatic nitrogens is 2. The summed E-state index contributed by atoms with van der Waals surface area (Å²) in [7, 11) is 0. The first-order valence-electron chi connectivity index (χ1n) is 10.6. The van der Waals surface area contributed by atoms with Crippen molar-refractivity contribution in [3.8, 4) is 11.1 Å². The van der Waals surface area contributed by atoms with Gasteiger partial charge < -0.3 is 11.1 Å². The minimum Gasteiger partial charge on any atom is -0.325 e. The van der Waals surface area contributed by atoms with Crippen molar-refractivity contribution in [2.45, 2.75) is 19.3 Å². The second-order valence-corrected chi connectivity index (χ2v) is 7.90. The number of nitrogens with one attached hydrogen (secondary N) is 1. The zero-order valence-corrected chi connectivity index (χ0v) is 18.8. The summed E-state index contributed by atoms with van der Waals surface area (Å²) >= 11 is 0. The van der Waals surface area contributed by atoms with E-state index >= 15 is 0 Å². The Morgan fingerprint density at radius 1 is 1.11 bits per heavy atom. The maximum absolute atomic E-state index is 13.9. The minimum atomic E-state index is -4.99. The summed E-state index contributed by atoms with van der Waals surface area (Å²) in [6, 6.07) is 13.2. The van der Waals surface area contributed by atoms with Crippen molar-refractivity contribution < 1.29 is 22.8 Å². The molecule has 11 heteroatoms. The fraction of sp³-hybridized carbons (Fsp3) is 0.120. The van der Waals surface area contributed by atoms with Crippen molar-refractivity contribution in [3.05, 3.63) is 90.0 Å². The van der Waals surface area contributed by atoms with Crippen LogP contribution in [0.3, 0.4) is 0 Å². The summed E-state index contributed by atoms with van der Waals surface area (Å²) in [6.45, 7) is 8.52. The number of alkyl halides is 3. The molecule has 2 heterocycles. The van der Waals surface area contributed by atoms with E-state index in [1.807, 2.05) is 0 Å². The van der Waals surface area contributed by atoms with Crippen molar-refractivity contribution in [1.29, 1.82) is 0 Å². The van der Waals surface area contributed by atoms with Crippen LogP contribution in [0.4, 0.5) is 30.2 Å². The summed E-state index contributed by atoms with van der Waals surface area (Å²) in [5.41, 5.74) is 7.30. The van der Waals surface area contributed by atoms with Crippen molar-refractivity contribution in [1.82, 2.24) is 9.61 Å². The van der Waals surface area contributed by atoms with E-state index in [0.717, 1.165) is 12.1 Å². The highest BCUT2D eigenvalue weighted by Crippen LogP contribution is 2.33. The first-order chi connectivity index (χ1) is 17.1. The molecule has 0 saturated carbocycles. The largest absolute Gasteiger partial charge is 0.491 e.